The number of alkyl carbamates (subject to hydrolysis) is 1. The summed E-state index contributed by atoms with van der Waals surface area (Å²) in [6.07, 6.45) is 4.16. The van der Waals surface area contributed by atoms with Gasteiger partial charge in [0.25, 0.3) is 0 Å². The Labute approximate surface area is 210 Å². The monoisotopic (exact) mass is 557 g/mol. The molecule has 1 atom stereocenters. The van der Waals surface area contributed by atoms with Gasteiger partial charge in [0, 0.05) is 32.2 Å². The van der Waals surface area contributed by atoms with Crippen LogP contribution < -0.4 is 16.0 Å². The molecule has 1 saturated heterocycles. The lowest BCUT2D eigenvalue weighted by atomic mass is 10.0. The van der Waals surface area contributed by atoms with Crippen molar-refractivity contribution < 1.29 is 9.53 Å². The quantitative estimate of drug-likeness (QED) is 0.246. The van der Waals surface area contributed by atoms with Gasteiger partial charge in [-0.3, -0.25) is 9.89 Å². The van der Waals surface area contributed by atoms with Gasteiger partial charge in [0.05, 0.1) is 19.2 Å². The number of carbonyl (C=O) groups is 1. The highest BCUT2D eigenvalue weighted by Crippen LogP contribution is 2.32. The summed E-state index contributed by atoms with van der Waals surface area (Å²) in [7, 11) is 0. The number of likely N-dealkylation sites (tertiary alicyclic amines) is 1. The van der Waals surface area contributed by atoms with Crippen LogP contribution in [0.5, 0.6) is 0 Å². The third-order valence-corrected chi connectivity index (χ3v) is 6.14. The van der Waals surface area contributed by atoms with Gasteiger partial charge in [0.1, 0.15) is 0 Å². The molecular weight excluding hydrogens is 517 g/mol. The molecule has 1 heterocycles. The van der Waals surface area contributed by atoms with E-state index in [0.29, 0.717) is 25.1 Å². The Morgan fingerprint density at radius 2 is 1.91 bits per heavy atom. The summed E-state index contributed by atoms with van der Waals surface area (Å²) in [6.45, 7) is 11.1. The lowest BCUT2D eigenvalue weighted by molar-refractivity contribution is 0.147. The third kappa shape index (κ3) is 8.77. The number of hydrogen-bond acceptors (Lipinski definition) is 4. The molecule has 1 aromatic rings. The van der Waals surface area contributed by atoms with Crippen LogP contribution in [-0.4, -0.2) is 61.8 Å². The van der Waals surface area contributed by atoms with Gasteiger partial charge in [-0.25, -0.2) is 4.79 Å². The SMILES string of the molecule is CCNC(=NCC(NC(=O)OCC)C1CC1)NC1CCN(Cc2ccccc2C)CC1.I. The minimum Gasteiger partial charge on any atom is -0.450 e. The van der Waals surface area contributed by atoms with Gasteiger partial charge >= 0.3 is 6.09 Å². The number of amides is 1. The Morgan fingerprint density at radius 1 is 1.19 bits per heavy atom. The third-order valence-electron chi connectivity index (χ3n) is 6.14. The number of ether oxygens (including phenoxy) is 1. The van der Waals surface area contributed by atoms with Crippen molar-refractivity contribution in [2.45, 2.75) is 65.1 Å². The number of aliphatic imine (C=N–C) groups is 1. The fourth-order valence-corrected chi connectivity index (χ4v) is 4.10. The molecule has 1 aliphatic heterocycles. The van der Waals surface area contributed by atoms with Crippen LogP contribution in [0.3, 0.4) is 0 Å². The summed E-state index contributed by atoms with van der Waals surface area (Å²) >= 11 is 0. The number of hydrogen-bond donors (Lipinski definition) is 3. The van der Waals surface area contributed by atoms with Crippen LogP contribution in [-0.2, 0) is 11.3 Å². The number of benzene rings is 1. The Bertz CT molecular complexity index is 733. The van der Waals surface area contributed by atoms with E-state index < -0.39 is 0 Å². The van der Waals surface area contributed by atoms with E-state index in [0.717, 1.165) is 57.8 Å². The molecule has 0 radical (unpaired) electrons. The molecule has 32 heavy (non-hydrogen) atoms. The second kappa shape index (κ2) is 13.9. The van der Waals surface area contributed by atoms with Gasteiger partial charge in [0.2, 0.25) is 0 Å². The first kappa shape index (κ1) is 26.7. The number of rotatable bonds is 9. The van der Waals surface area contributed by atoms with E-state index >= 15 is 0 Å². The molecule has 8 heteroatoms. The number of nitrogens with one attached hydrogen (secondary N) is 3. The number of carbonyl (C=O) groups excluding carboxylic acids is 1. The zero-order valence-corrected chi connectivity index (χ0v) is 22.1. The molecule has 3 N–H and O–H groups in total. The molecular formula is C24H40IN5O2. The first-order valence-electron chi connectivity index (χ1n) is 11.8. The summed E-state index contributed by atoms with van der Waals surface area (Å²) in [5.41, 5.74) is 2.79. The summed E-state index contributed by atoms with van der Waals surface area (Å²) < 4.78 is 5.05. The zero-order chi connectivity index (χ0) is 22.1. The average Bonchev–Trinajstić information content (AvgIpc) is 3.60. The molecule has 0 spiro atoms. The van der Waals surface area contributed by atoms with Gasteiger partial charge in [0.15, 0.2) is 5.96 Å². The van der Waals surface area contributed by atoms with Crippen molar-refractivity contribution in [2.75, 3.05) is 32.8 Å². The molecule has 1 aromatic carbocycles. The lowest BCUT2D eigenvalue weighted by Gasteiger charge is -2.33. The molecule has 7 nitrogen and oxygen atoms in total. The zero-order valence-electron chi connectivity index (χ0n) is 19.7. The van der Waals surface area contributed by atoms with E-state index in [9.17, 15) is 4.79 Å². The van der Waals surface area contributed by atoms with Crippen molar-refractivity contribution in [1.29, 1.82) is 0 Å². The fourth-order valence-electron chi connectivity index (χ4n) is 4.10. The summed E-state index contributed by atoms with van der Waals surface area (Å²) in [6, 6.07) is 9.12. The number of guanidine groups is 1. The largest absolute Gasteiger partial charge is 0.450 e. The molecule has 1 aliphatic carbocycles. The summed E-state index contributed by atoms with van der Waals surface area (Å²) in [5, 5.41) is 9.96. The lowest BCUT2D eigenvalue weighted by Crippen LogP contribution is -2.49. The summed E-state index contributed by atoms with van der Waals surface area (Å²) in [5.74, 6) is 1.36. The molecule has 1 saturated carbocycles. The molecule has 0 bridgehead atoms. The van der Waals surface area contributed by atoms with E-state index in [1.807, 2.05) is 6.92 Å². The number of nitrogens with zero attached hydrogens (tertiary/aromatic N) is 2. The predicted molar refractivity (Wildman–Crippen MR) is 141 cm³/mol. The molecule has 3 rings (SSSR count). The van der Waals surface area contributed by atoms with Crippen LogP contribution in [0.1, 0.15) is 50.7 Å². The standard InChI is InChI=1S/C24H39N5O2.HI/c1-4-25-23(26-16-22(19-10-11-19)28-24(30)31-5-2)27-21-12-14-29(15-13-21)17-20-9-7-6-8-18(20)3;/h6-9,19,21-22H,4-5,10-17H2,1-3H3,(H,28,30)(H2,25,26,27);1H. The first-order valence-corrected chi connectivity index (χ1v) is 11.8. The average molecular weight is 558 g/mol. The number of piperidine rings is 1. The highest BCUT2D eigenvalue weighted by molar-refractivity contribution is 14.0. The minimum atomic E-state index is -0.339. The fraction of sp³-hybridized carbons (Fsp3) is 0.667. The van der Waals surface area contributed by atoms with Gasteiger partial charge in [-0.15, -0.1) is 24.0 Å². The predicted octanol–water partition coefficient (Wildman–Crippen LogP) is 3.66. The van der Waals surface area contributed by atoms with E-state index in [4.69, 9.17) is 9.73 Å². The van der Waals surface area contributed by atoms with E-state index in [2.05, 4.69) is 59.0 Å². The Morgan fingerprint density at radius 3 is 2.53 bits per heavy atom. The molecule has 1 amide bonds. The van der Waals surface area contributed by atoms with Crippen molar-refractivity contribution in [1.82, 2.24) is 20.9 Å². The van der Waals surface area contributed by atoms with Crippen LogP contribution in [0.4, 0.5) is 4.79 Å². The van der Waals surface area contributed by atoms with Gasteiger partial charge in [-0.05, 0) is 63.5 Å². The number of halogens is 1. The maximum Gasteiger partial charge on any atom is 0.407 e. The van der Waals surface area contributed by atoms with E-state index in [-0.39, 0.29) is 36.1 Å². The first-order chi connectivity index (χ1) is 15.1. The van der Waals surface area contributed by atoms with Crippen molar-refractivity contribution in [3.63, 3.8) is 0 Å². The van der Waals surface area contributed by atoms with Crippen LogP contribution >= 0.6 is 24.0 Å². The highest BCUT2D eigenvalue weighted by atomic mass is 127. The van der Waals surface area contributed by atoms with Crippen molar-refractivity contribution in [2.24, 2.45) is 10.9 Å². The smallest absolute Gasteiger partial charge is 0.407 e. The van der Waals surface area contributed by atoms with E-state index in [1.165, 1.54) is 11.1 Å². The van der Waals surface area contributed by atoms with Crippen LogP contribution in [0.25, 0.3) is 0 Å². The minimum absolute atomic E-state index is 0. The van der Waals surface area contributed by atoms with Crippen molar-refractivity contribution >= 4 is 36.0 Å². The van der Waals surface area contributed by atoms with Gasteiger partial charge in [-0.2, -0.15) is 0 Å². The molecule has 0 aromatic heterocycles. The van der Waals surface area contributed by atoms with Crippen molar-refractivity contribution in [3.8, 4) is 0 Å². The second-order valence-electron chi connectivity index (χ2n) is 8.65. The summed E-state index contributed by atoms with van der Waals surface area (Å²) in [4.78, 5) is 19.2. The van der Waals surface area contributed by atoms with Gasteiger partial charge < -0.3 is 20.7 Å². The highest BCUT2D eigenvalue weighted by Gasteiger charge is 2.32. The molecule has 2 fully saturated rings. The second-order valence-corrected chi connectivity index (χ2v) is 8.65. The Hall–Kier alpha value is -1.55. The van der Waals surface area contributed by atoms with E-state index in [1.54, 1.807) is 0 Å². The van der Waals surface area contributed by atoms with Gasteiger partial charge in [-0.1, -0.05) is 24.3 Å². The normalized spacial score (nSPS) is 18.4. The maximum absolute atomic E-state index is 11.8. The maximum atomic E-state index is 11.8. The topological polar surface area (TPSA) is 78.0 Å². The van der Waals surface area contributed by atoms with Crippen molar-refractivity contribution in [3.05, 3.63) is 35.4 Å². The number of aryl methyl sites for hydroxylation is 1. The van der Waals surface area contributed by atoms with Crippen LogP contribution in [0.15, 0.2) is 29.3 Å². The molecule has 2 aliphatic rings. The van der Waals surface area contributed by atoms with Crippen LogP contribution in [0, 0.1) is 12.8 Å². The molecule has 1 unspecified atom stereocenters. The Balaban J connectivity index is 0.00000363. The van der Waals surface area contributed by atoms with Crippen LogP contribution in [0.2, 0.25) is 0 Å². The molecule has 180 valence electrons. The Kier molecular flexibility index (Phi) is 11.6.